The molecule has 4 aromatic heterocycles. The highest BCUT2D eigenvalue weighted by atomic mass is 14.8. The Kier molecular flexibility index (Phi) is 2.58. The fourth-order valence-electron chi connectivity index (χ4n) is 4.01. The first-order valence-corrected chi connectivity index (χ1v) is 8.50. The number of rotatable bonds is 0. The Labute approximate surface area is 150 Å². The summed E-state index contributed by atoms with van der Waals surface area (Å²) < 4.78 is 0. The van der Waals surface area contributed by atoms with Crippen LogP contribution in [0.15, 0.2) is 73.3 Å². The van der Waals surface area contributed by atoms with Gasteiger partial charge in [-0.25, -0.2) is 0 Å². The SMILES string of the molecule is c1cnc2c(c1)C(=C1c3cccnc3-c3ncccc31)c1cccnc1-2. The van der Waals surface area contributed by atoms with Crippen molar-refractivity contribution in [3.63, 3.8) is 0 Å². The van der Waals surface area contributed by atoms with Crippen LogP contribution in [0.3, 0.4) is 0 Å². The summed E-state index contributed by atoms with van der Waals surface area (Å²) in [5, 5.41) is 0. The zero-order valence-corrected chi connectivity index (χ0v) is 13.7. The lowest BCUT2D eigenvalue weighted by Gasteiger charge is -2.10. The van der Waals surface area contributed by atoms with E-state index in [0.717, 1.165) is 56.2 Å². The van der Waals surface area contributed by atoms with E-state index in [9.17, 15) is 0 Å². The minimum absolute atomic E-state index is 0.938. The van der Waals surface area contributed by atoms with Crippen LogP contribution in [0.1, 0.15) is 22.3 Å². The predicted octanol–water partition coefficient (Wildman–Crippen LogP) is 4.23. The van der Waals surface area contributed by atoms with Gasteiger partial charge in [0.1, 0.15) is 0 Å². The highest BCUT2D eigenvalue weighted by molar-refractivity contribution is 6.16. The molecule has 0 aliphatic heterocycles. The first-order valence-electron chi connectivity index (χ1n) is 8.50. The molecule has 0 fully saturated rings. The van der Waals surface area contributed by atoms with Crippen molar-refractivity contribution in [3.8, 4) is 22.8 Å². The monoisotopic (exact) mass is 332 g/mol. The number of hydrogen-bond donors (Lipinski definition) is 0. The largest absolute Gasteiger partial charge is 0.254 e. The second-order valence-electron chi connectivity index (χ2n) is 6.35. The molecule has 0 unspecified atom stereocenters. The maximum Gasteiger partial charge on any atom is 0.0971 e. The van der Waals surface area contributed by atoms with Gasteiger partial charge < -0.3 is 0 Å². The molecule has 0 aromatic carbocycles. The zero-order chi connectivity index (χ0) is 17.1. The minimum Gasteiger partial charge on any atom is -0.254 e. The van der Waals surface area contributed by atoms with Crippen LogP contribution in [-0.4, -0.2) is 19.9 Å². The molecule has 0 saturated heterocycles. The van der Waals surface area contributed by atoms with Crippen molar-refractivity contribution in [1.82, 2.24) is 19.9 Å². The van der Waals surface area contributed by atoms with Gasteiger partial charge >= 0.3 is 0 Å². The highest BCUT2D eigenvalue weighted by Crippen LogP contribution is 2.51. The molecule has 0 saturated carbocycles. The Morgan fingerprint density at radius 2 is 0.654 bits per heavy atom. The maximum atomic E-state index is 4.61. The smallest absolute Gasteiger partial charge is 0.0971 e. The molecule has 2 aliphatic rings. The molecular weight excluding hydrogens is 320 g/mol. The van der Waals surface area contributed by atoms with Gasteiger partial charge in [-0.3, -0.25) is 19.9 Å². The summed E-state index contributed by atoms with van der Waals surface area (Å²) in [6.45, 7) is 0. The van der Waals surface area contributed by atoms with Gasteiger partial charge in [-0.2, -0.15) is 0 Å². The van der Waals surface area contributed by atoms with Crippen molar-refractivity contribution in [3.05, 3.63) is 95.6 Å². The van der Waals surface area contributed by atoms with E-state index in [1.54, 1.807) is 0 Å². The molecule has 4 heteroatoms. The average molecular weight is 332 g/mol. The normalized spacial score (nSPS) is 13.2. The van der Waals surface area contributed by atoms with Crippen molar-refractivity contribution in [2.75, 3.05) is 0 Å². The quantitative estimate of drug-likeness (QED) is 0.417. The van der Waals surface area contributed by atoms with E-state index in [4.69, 9.17) is 0 Å². The number of fused-ring (bicyclic) bond motifs is 6. The Bertz CT molecular complexity index is 1050. The zero-order valence-electron chi connectivity index (χ0n) is 13.7. The lowest BCUT2D eigenvalue weighted by molar-refractivity contribution is 1.26. The minimum atomic E-state index is 0.938. The maximum absolute atomic E-state index is 4.61. The van der Waals surface area contributed by atoms with Crippen LogP contribution in [0.5, 0.6) is 0 Å². The molecule has 4 aromatic rings. The van der Waals surface area contributed by atoms with E-state index in [2.05, 4.69) is 44.2 Å². The molecule has 4 heterocycles. The standard InChI is InChI=1S/C22H12N4/c1-5-13-17(14-6-2-10-24-20(14)19(13)23-9-1)18-15-7-3-11-25-21(15)22-16(18)8-4-12-26-22/h1-12H. The van der Waals surface area contributed by atoms with Gasteiger partial charge in [0.15, 0.2) is 0 Å². The molecule has 0 spiro atoms. The molecule has 6 rings (SSSR count). The summed E-state index contributed by atoms with van der Waals surface area (Å²) in [4.78, 5) is 18.4. The Morgan fingerprint density at radius 3 is 0.923 bits per heavy atom. The predicted molar refractivity (Wildman–Crippen MR) is 100.0 cm³/mol. The summed E-state index contributed by atoms with van der Waals surface area (Å²) in [7, 11) is 0. The number of nitrogens with zero attached hydrogens (tertiary/aromatic N) is 4. The summed E-state index contributed by atoms with van der Waals surface area (Å²) in [5.41, 5.74) is 10.5. The molecule has 0 amide bonds. The summed E-state index contributed by atoms with van der Waals surface area (Å²) in [5.74, 6) is 0. The van der Waals surface area contributed by atoms with Gasteiger partial charge in [-0.15, -0.1) is 0 Å². The van der Waals surface area contributed by atoms with Crippen molar-refractivity contribution in [2.45, 2.75) is 0 Å². The van der Waals surface area contributed by atoms with Crippen LogP contribution >= 0.6 is 0 Å². The third kappa shape index (κ3) is 1.63. The van der Waals surface area contributed by atoms with Gasteiger partial charge in [-0.05, 0) is 24.3 Å². The van der Waals surface area contributed by atoms with Crippen molar-refractivity contribution < 1.29 is 0 Å². The van der Waals surface area contributed by atoms with E-state index >= 15 is 0 Å². The third-order valence-electron chi connectivity index (χ3n) is 5.01. The molecule has 0 N–H and O–H groups in total. The fourth-order valence-corrected chi connectivity index (χ4v) is 4.01. The number of aromatic nitrogens is 4. The van der Waals surface area contributed by atoms with Crippen LogP contribution in [0.25, 0.3) is 33.9 Å². The third-order valence-corrected chi connectivity index (χ3v) is 5.01. The van der Waals surface area contributed by atoms with E-state index < -0.39 is 0 Å². The Balaban J connectivity index is 1.82. The van der Waals surface area contributed by atoms with Crippen LogP contribution in [0.2, 0.25) is 0 Å². The van der Waals surface area contributed by atoms with Crippen molar-refractivity contribution in [1.29, 1.82) is 0 Å². The molecule has 4 nitrogen and oxygen atoms in total. The Morgan fingerprint density at radius 1 is 0.385 bits per heavy atom. The molecule has 0 radical (unpaired) electrons. The van der Waals surface area contributed by atoms with Gasteiger partial charge in [0.2, 0.25) is 0 Å². The van der Waals surface area contributed by atoms with Gasteiger partial charge in [-0.1, -0.05) is 24.3 Å². The van der Waals surface area contributed by atoms with Crippen LogP contribution in [-0.2, 0) is 0 Å². The van der Waals surface area contributed by atoms with Gasteiger partial charge in [0.05, 0.1) is 22.8 Å². The van der Waals surface area contributed by atoms with Crippen molar-refractivity contribution in [2.24, 2.45) is 0 Å². The Hall–Kier alpha value is -3.66. The summed E-state index contributed by atoms with van der Waals surface area (Å²) >= 11 is 0. The lowest BCUT2D eigenvalue weighted by Crippen LogP contribution is -1.91. The van der Waals surface area contributed by atoms with Crippen molar-refractivity contribution >= 4 is 11.1 Å². The van der Waals surface area contributed by atoms with Crippen LogP contribution < -0.4 is 0 Å². The summed E-state index contributed by atoms with van der Waals surface area (Å²) in [6.07, 6.45) is 7.30. The van der Waals surface area contributed by atoms with E-state index in [-0.39, 0.29) is 0 Å². The number of pyridine rings is 4. The van der Waals surface area contributed by atoms with Gasteiger partial charge in [0.25, 0.3) is 0 Å². The first-order chi connectivity index (χ1) is 12.9. The second kappa shape index (κ2) is 4.92. The van der Waals surface area contributed by atoms with Crippen LogP contribution in [0.4, 0.5) is 0 Å². The number of hydrogen-bond acceptors (Lipinski definition) is 4. The van der Waals surface area contributed by atoms with Crippen LogP contribution in [0, 0.1) is 0 Å². The topological polar surface area (TPSA) is 51.6 Å². The average Bonchev–Trinajstić information content (AvgIpc) is 3.21. The molecule has 26 heavy (non-hydrogen) atoms. The molecule has 120 valence electrons. The highest BCUT2D eigenvalue weighted by Gasteiger charge is 2.34. The van der Waals surface area contributed by atoms with E-state index in [1.165, 1.54) is 0 Å². The summed E-state index contributed by atoms with van der Waals surface area (Å²) in [6, 6.07) is 16.4. The van der Waals surface area contributed by atoms with E-state index in [1.807, 2.05) is 49.1 Å². The molecule has 0 atom stereocenters. The van der Waals surface area contributed by atoms with E-state index in [0.29, 0.717) is 0 Å². The molecule has 0 bridgehead atoms. The first kappa shape index (κ1) is 13.6. The second-order valence-corrected chi connectivity index (χ2v) is 6.35. The molecule has 2 aliphatic carbocycles. The van der Waals surface area contributed by atoms with Gasteiger partial charge in [0, 0.05) is 58.2 Å². The fraction of sp³-hybridized carbons (Fsp3) is 0. The molecular formula is C22H12N4. The lowest BCUT2D eigenvalue weighted by atomic mass is 9.93.